The molecule has 1 N–H and O–H groups in total. The summed E-state index contributed by atoms with van der Waals surface area (Å²) in [6.07, 6.45) is 1.59. The third kappa shape index (κ3) is 6.72. The number of nitrogens with zero attached hydrogens (tertiary/aromatic N) is 2. The fraction of sp³-hybridized carbons (Fsp3) is 0.480. The first-order valence-corrected chi connectivity index (χ1v) is 13.7. The van der Waals surface area contributed by atoms with Crippen LogP contribution < -0.4 is 9.46 Å². The van der Waals surface area contributed by atoms with Crippen LogP contribution in [0.4, 0.5) is 8.78 Å². The maximum atomic E-state index is 14.5. The van der Waals surface area contributed by atoms with E-state index in [0.717, 1.165) is 16.7 Å². The lowest BCUT2D eigenvalue weighted by molar-refractivity contribution is -0.0859. The average molecular weight is 544 g/mol. The van der Waals surface area contributed by atoms with E-state index in [1.54, 1.807) is 17.0 Å². The second-order valence-corrected chi connectivity index (χ2v) is 11.1. The van der Waals surface area contributed by atoms with Gasteiger partial charge in [0.05, 0.1) is 40.0 Å². The summed E-state index contributed by atoms with van der Waals surface area (Å²) in [6, 6.07) is 12.4. The first kappa shape index (κ1) is 27.8. The molecule has 0 radical (unpaired) electrons. The molecule has 0 bridgehead atoms. The number of hydrogen-bond acceptors (Lipinski definition) is 4. The van der Waals surface area contributed by atoms with Gasteiger partial charge in [0.15, 0.2) is 5.75 Å². The number of ether oxygens (including phenoxy) is 1. The number of halogens is 4. The molecule has 2 aromatic rings. The molecule has 1 aliphatic heterocycles. The zero-order chi connectivity index (χ0) is 25.8. The summed E-state index contributed by atoms with van der Waals surface area (Å²) in [7, 11) is -1.48. The van der Waals surface area contributed by atoms with Crippen molar-refractivity contribution in [3.63, 3.8) is 0 Å². The minimum atomic E-state index is -2.96. The third-order valence-corrected chi connectivity index (χ3v) is 7.33. The van der Waals surface area contributed by atoms with Crippen molar-refractivity contribution in [3.8, 4) is 11.8 Å². The predicted octanol–water partition coefficient (Wildman–Crippen LogP) is 5.25. The van der Waals surface area contributed by atoms with Gasteiger partial charge in [-0.2, -0.15) is 5.26 Å². The highest BCUT2D eigenvalue weighted by molar-refractivity contribution is 7.82. The number of nitriles is 1. The summed E-state index contributed by atoms with van der Waals surface area (Å²) in [5.41, 5.74) is 2.65. The molecule has 1 fully saturated rings. The summed E-state index contributed by atoms with van der Waals surface area (Å²) in [5.74, 6) is -2.35. The van der Waals surface area contributed by atoms with Crippen LogP contribution in [0.5, 0.6) is 5.75 Å². The van der Waals surface area contributed by atoms with Gasteiger partial charge in [-0.25, -0.2) is 17.7 Å². The van der Waals surface area contributed by atoms with Gasteiger partial charge in [0.2, 0.25) is 0 Å². The topological polar surface area (TPSA) is 65.4 Å². The smallest absolute Gasteiger partial charge is 0.276 e. The molecule has 10 heteroatoms. The fourth-order valence-electron chi connectivity index (χ4n) is 4.27. The number of likely N-dealkylation sites (tertiary alicyclic amines) is 1. The first-order valence-electron chi connectivity index (χ1n) is 11.2. The molecule has 2 aromatic carbocycles. The van der Waals surface area contributed by atoms with Crippen LogP contribution in [-0.4, -0.2) is 52.9 Å². The van der Waals surface area contributed by atoms with E-state index in [-0.39, 0.29) is 25.5 Å². The minimum Gasteiger partial charge on any atom is -0.489 e. The summed E-state index contributed by atoms with van der Waals surface area (Å²) in [5, 5.41) is 9.94. The number of rotatable bonds is 9. The third-order valence-electron chi connectivity index (χ3n) is 6.28. The second kappa shape index (κ2) is 11.5. The van der Waals surface area contributed by atoms with Crippen molar-refractivity contribution in [2.45, 2.75) is 44.2 Å². The zero-order valence-electron chi connectivity index (χ0n) is 19.9. The maximum Gasteiger partial charge on any atom is 0.276 e. The Kier molecular flexibility index (Phi) is 9.16. The Balaban J connectivity index is 1.74. The average Bonchev–Trinajstić information content (AvgIpc) is 2.79. The first-order chi connectivity index (χ1) is 16.5. The van der Waals surface area contributed by atoms with Crippen molar-refractivity contribution in [3.05, 3.63) is 63.7 Å². The van der Waals surface area contributed by atoms with Gasteiger partial charge >= 0.3 is 0 Å². The molecule has 0 amide bonds. The maximum absolute atomic E-state index is 14.5. The largest absolute Gasteiger partial charge is 0.489 e. The standard InChI is InChI=1S/C25H29Cl2F2N3O2S/c1-24(2,20-12-18(14-30)23(21(27)13-20)34-11-9-26)19-6-4-17(5-7-19)15-32-10-8-22(31-35(3)33)25(28,29)16-32/h4-7,12-13,22,31H,8-11,15-16H2,1-3H3. The Bertz CT molecular complexity index is 1110. The molecule has 35 heavy (non-hydrogen) atoms. The molecule has 1 heterocycles. The molecule has 3 rings (SSSR count). The number of nitrogens with one attached hydrogen (secondary N) is 1. The summed E-state index contributed by atoms with van der Waals surface area (Å²) in [6.45, 7) is 4.82. The molecule has 2 atom stereocenters. The van der Waals surface area contributed by atoms with Crippen molar-refractivity contribution < 1.29 is 17.7 Å². The van der Waals surface area contributed by atoms with Crippen molar-refractivity contribution >= 4 is 34.2 Å². The van der Waals surface area contributed by atoms with E-state index < -0.39 is 28.4 Å². The lowest BCUT2D eigenvalue weighted by Gasteiger charge is -2.38. The Hall–Kier alpha value is -1.76. The molecule has 2 unspecified atom stereocenters. The molecule has 190 valence electrons. The van der Waals surface area contributed by atoms with Crippen LogP contribution in [0.15, 0.2) is 36.4 Å². The molecule has 0 aromatic heterocycles. The molecule has 0 saturated carbocycles. The van der Waals surface area contributed by atoms with Crippen LogP contribution in [0.1, 0.15) is 42.5 Å². The molecule has 0 spiro atoms. The van der Waals surface area contributed by atoms with Gasteiger partial charge in [0.1, 0.15) is 12.7 Å². The van der Waals surface area contributed by atoms with Crippen LogP contribution in [0.25, 0.3) is 0 Å². The highest BCUT2D eigenvalue weighted by Crippen LogP contribution is 2.38. The normalized spacial score (nSPS) is 19.2. The zero-order valence-corrected chi connectivity index (χ0v) is 22.2. The molecule has 1 saturated heterocycles. The number of hydrogen-bond donors (Lipinski definition) is 1. The molecular formula is C25H29Cl2F2N3O2S. The van der Waals surface area contributed by atoms with Crippen LogP contribution in [0.2, 0.25) is 5.02 Å². The predicted molar refractivity (Wildman–Crippen MR) is 137 cm³/mol. The number of benzene rings is 2. The number of piperidine rings is 1. The van der Waals surface area contributed by atoms with Crippen molar-refractivity contribution in [2.75, 3.05) is 31.8 Å². The summed E-state index contributed by atoms with van der Waals surface area (Å²) in [4.78, 5) is 1.72. The van der Waals surface area contributed by atoms with Crippen LogP contribution in [0.3, 0.4) is 0 Å². The highest BCUT2D eigenvalue weighted by Gasteiger charge is 2.44. The molecule has 0 aliphatic carbocycles. The SMILES string of the molecule is CS(=O)NC1CCN(Cc2ccc(C(C)(C)c3cc(Cl)c(OCCCl)c(C#N)c3)cc2)CC1(F)F. The highest BCUT2D eigenvalue weighted by atomic mass is 35.5. The molecular weight excluding hydrogens is 515 g/mol. The van der Waals surface area contributed by atoms with Gasteiger partial charge in [-0.15, -0.1) is 11.6 Å². The monoisotopic (exact) mass is 543 g/mol. The van der Waals surface area contributed by atoms with Crippen LogP contribution in [0, 0.1) is 11.3 Å². The fourth-order valence-corrected chi connectivity index (χ4v) is 5.31. The van der Waals surface area contributed by atoms with E-state index in [4.69, 9.17) is 27.9 Å². The molecule has 1 aliphatic rings. The van der Waals surface area contributed by atoms with Gasteiger partial charge in [-0.1, -0.05) is 49.7 Å². The molecule has 5 nitrogen and oxygen atoms in total. The van der Waals surface area contributed by atoms with E-state index in [9.17, 15) is 18.3 Å². The van der Waals surface area contributed by atoms with E-state index in [1.807, 2.05) is 38.1 Å². The summed E-state index contributed by atoms with van der Waals surface area (Å²) < 4.78 is 48.3. The van der Waals surface area contributed by atoms with Gasteiger partial charge in [0, 0.05) is 24.8 Å². The van der Waals surface area contributed by atoms with Crippen LogP contribution in [-0.2, 0) is 22.9 Å². The second-order valence-electron chi connectivity index (χ2n) is 9.19. The summed E-state index contributed by atoms with van der Waals surface area (Å²) >= 11 is 12.1. The lowest BCUT2D eigenvalue weighted by Crippen LogP contribution is -2.57. The van der Waals surface area contributed by atoms with Gasteiger partial charge in [0.25, 0.3) is 5.92 Å². The van der Waals surface area contributed by atoms with E-state index in [2.05, 4.69) is 10.8 Å². The van der Waals surface area contributed by atoms with E-state index in [1.165, 1.54) is 6.26 Å². The van der Waals surface area contributed by atoms with Gasteiger partial charge < -0.3 is 4.74 Å². The van der Waals surface area contributed by atoms with Crippen molar-refractivity contribution in [1.82, 2.24) is 9.62 Å². The van der Waals surface area contributed by atoms with Crippen LogP contribution >= 0.6 is 23.2 Å². The lowest BCUT2D eigenvalue weighted by atomic mass is 9.77. The Morgan fingerprint density at radius 3 is 2.54 bits per heavy atom. The minimum absolute atomic E-state index is 0.226. The van der Waals surface area contributed by atoms with Crippen molar-refractivity contribution in [2.24, 2.45) is 0 Å². The number of alkyl halides is 3. The van der Waals surface area contributed by atoms with Gasteiger partial charge in [-0.05, 0) is 35.2 Å². The van der Waals surface area contributed by atoms with Gasteiger partial charge in [-0.3, -0.25) is 4.90 Å². The Morgan fingerprint density at radius 1 is 1.29 bits per heavy atom. The quantitative estimate of drug-likeness (QED) is 0.439. The van der Waals surface area contributed by atoms with E-state index >= 15 is 0 Å². The Morgan fingerprint density at radius 2 is 1.97 bits per heavy atom. The Labute approximate surface area is 217 Å². The van der Waals surface area contributed by atoms with Crippen molar-refractivity contribution in [1.29, 1.82) is 5.26 Å². The van der Waals surface area contributed by atoms with E-state index in [0.29, 0.717) is 29.4 Å².